The lowest BCUT2D eigenvalue weighted by atomic mass is 10.1. The molecule has 164 valence electrons. The van der Waals surface area contributed by atoms with E-state index in [1.54, 1.807) is 36.9 Å². The van der Waals surface area contributed by atoms with Gasteiger partial charge in [0.15, 0.2) is 5.65 Å². The van der Waals surface area contributed by atoms with Crippen molar-refractivity contribution in [3.05, 3.63) is 71.4 Å². The molecule has 2 aromatic carbocycles. The highest BCUT2D eigenvalue weighted by molar-refractivity contribution is 6.30. The number of carbonyl (C=O) groups is 1. The number of methoxy groups -OCH3 is 2. The Hall–Kier alpha value is -3.42. The summed E-state index contributed by atoms with van der Waals surface area (Å²) < 4.78 is 11.9. The Morgan fingerprint density at radius 2 is 1.69 bits per heavy atom. The zero-order valence-corrected chi connectivity index (χ0v) is 18.6. The summed E-state index contributed by atoms with van der Waals surface area (Å²) in [6, 6.07) is 18.5. The Labute approximate surface area is 191 Å². The quantitative estimate of drug-likeness (QED) is 0.400. The third-order valence-corrected chi connectivity index (χ3v) is 5.25. The summed E-state index contributed by atoms with van der Waals surface area (Å²) in [6.45, 7) is 1.07. The first-order chi connectivity index (χ1) is 15.6. The molecule has 4 aromatic rings. The molecule has 0 saturated carbocycles. The zero-order valence-electron chi connectivity index (χ0n) is 17.8. The van der Waals surface area contributed by atoms with Gasteiger partial charge in [0.2, 0.25) is 0 Å². The molecule has 32 heavy (non-hydrogen) atoms. The maximum absolute atomic E-state index is 13.0. The molecule has 7 nitrogen and oxygen atoms in total. The lowest BCUT2D eigenvalue weighted by molar-refractivity contribution is 0.0941. The second kappa shape index (κ2) is 9.80. The minimum Gasteiger partial charge on any atom is -0.497 e. The van der Waals surface area contributed by atoms with E-state index in [0.29, 0.717) is 40.9 Å². The summed E-state index contributed by atoms with van der Waals surface area (Å²) in [6.07, 6.45) is 0.719. The molecule has 1 N–H and O–H groups in total. The first kappa shape index (κ1) is 21.8. The van der Waals surface area contributed by atoms with E-state index < -0.39 is 0 Å². The first-order valence-corrected chi connectivity index (χ1v) is 10.5. The average molecular weight is 451 g/mol. The summed E-state index contributed by atoms with van der Waals surface area (Å²) in [5, 5.41) is 8.23. The van der Waals surface area contributed by atoms with Gasteiger partial charge in [-0.1, -0.05) is 23.7 Å². The largest absolute Gasteiger partial charge is 0.497 e. The van der Waals surface area contributed by atoms with Crippen molar-refractivity contribution in [3.8, 4) is 28.3 Å². The number of ether oxygens (including phenoxy) is 2. The van der Waals surface area contributed by atoms with E-state index in [1.165, 1.54) is 0 Å². The van der Waals surface area contributed by atoms with Gasteiger partial charge in [-0.2, -0.15) is 5.10 Å². The highest BCUT2D eigenvalue weighted by Gasteiger charge is 2.17. The van der Waals surface area contributed by atoms with Crippen molar-refractivity contribution < 1.29 is 14.3 Å². The van der Waals surface area contributed by atoms with Crippen LogP contribution >= 0.6 is 11.6 Å². The molecule has 1 amide bonds. The van der Waals surface area contributed by atoms with Gasteiger partial charge in [-0.05, 0) is 48.9 Å². The maximum Gasteiger partial charge on any atom is 0.270 e. The number of amides is 1. The molecule has 0 aliphatic rings. The van der Waals surface area contributed by atoms with Crippen LogP contribution in [0.2, 0.25) is 5.02 Å². The molecule has 0 bridgehead atoms. The van der Waals surface area contributed by atoms with E-state index >= 15 is 0 Å². The fraction of sp³-hybridized carbons (Fsp3) is 0.208. The van der Waals surface area contributed by atoms with E-state index in [0.717, 1.165) is 23.3 Å². The number of hydrogen-bond donors (Lipinski definition) is 1. The summed E-state index contributed by atoms with van der Waals surface area (Å²) in [5.74, 6) is 0.523. The number of nitrogens with one attached hydrogen (secondary N) is 1. The molecule has 0 spiro atoms. The Kier molecular flexibility index (Phi) is 6.68. The summed E-state index contributed by atoms with van der Waals surface area (Å²) in [7, 11) is 3.26. The topological polar surface area (TPSA) is 77.8 Å². The molecule has 8 heteroatoms. The van der Waals surface area contributed by atoms with E-state index in [-0.39, 0.29) is 5.91 Å². The van der Waals surface area contributed by atoms with Gasteiger partial charge in [0.05, 0.1) is 18.5 Å². The van der Waals surface area contributed by atoms with Gasteiger partial charge in [-0.15, -0.1) is 0 Å². The highest BCUT2D eigenvalue weighted by Crippen LogP contribution is 2.26. The lowest BCUT2D eigenvalue weighted by Gasteiger charge is -2.09. The molecule has 0 atom stereocenters. The molecule has 0 aliphatic heterocycles. The fourth-order valence-electron chi connectivity index (χ4n) is 3.32. The molecule has 0 unspecified atom stereocenters. The molecular formula is C24H23ClN4O3. The Balaban J connectivity index is 1.77. The monoisotopic (exact) mass is 450 g/mol. The van der Waals surface area contributed by atoms with Gasteiger partial charge < -0.3 is 14.8 Å². The number of aromatic nitrogens is 3. The van der Waals surface area contributed by atoms with Crippen LogP contribution in [0.1, 0.15) is 16.9 Å². The van der Waals surface area contributed by atoms with E-state index in [4.69, 9.17) is 26.1 Å². The van der Waals surface area contributed by atoms with E-state index in [2.05, 4.69) is 10.4 Å². The Bertz CT molecular complexity index is 1220. The van der Waals surface area contributed by atoms with Crippen LogP contribution in [-0.4, -0.2) is 47.9 Å². The van der Waals surface area contributed by atoms with Crippen LogP contribution in [0, 0.1) is 0 Å². The SMILES string of the molecule is COCCCNC(=O)c1cc(-c2ccc(OC)cc2)nc2cc(-c3ccc(Cl)cc3)nn12. The number of halogens is 1. The molecule has 2 aromatic heterocycles. The van der Waals surface area contributed by atoms with Crippen molar-refractivity contribution in [1.29, 1.82) is 0 Å². The number of benzene rings is 2. The van der Waals surface area contributed by atoms with Crippen molar-refractivity contribution >= 4 is 23.2 Å². The predicted molar refractivity (Wildman–Crippen MR) is 124 cm³/mol. The van der Waals surface area contributed by atoms with Gasteiger partial charge >= 0.3 is 0 Å². The van der Waals surface area contributed by atoms with Crippen LogP contribution in [-0.2, 0) is 4.74 Å². The van der Waals surface area contributed by atoms with Crippen molar-refractivity contribution in [3.63, 3.8) is 0 Å². The number of hydrogen-bond acceptors (Lipinski definition) is 5. The normalized spacial score (nSPS) is 11.0. The highest BCUT2D eigenvalue weighted by atomic mass is 35.5. The van der Waals surface area contributed by atoms with Crippen LogP contribution in [0.4, 0.5) is 0 Å². The smallest absolute Gasteiger partial charge is 0.270 e. The number of nitrogens with zero attached hydrogens (tertiary/aromatic N) is 3. The minimum atomic E-state index is -0.228. The van der Waals surface area contributed by atoms with Crippen LogP contribution in [0.3, 0.4) is 0 Å². The van der Waals surface area contributed by atoms with Crippen LogP contribution in [0.25, 0.3) is 28.2 Å². The number of fused-ring (bicyclic) bond motifs is 1. The Morgan fingerprint density at radius 1 is 1.00 bits per heavy atom. The molecule has 0 aliphatic carbocycles. The number of carbonyl (C=O) groups excluding carboxylic acids is 1. The lowest BCUT2D eigenvalue weighted by Crippen LogP contribution is -2.27. The third-order valence-electron chi connectivity index (χ3n) is 5.00. The molecule has 0 saturated heterocycles. The van der Waals surface area contributed by atoms with Crippen LogP contribution in [0.5, 0.6) is 5.75 Å². The molecule has 4 rings (SSSR count). The molecular weight excluding hydrogens is 428 g/mol. The van der Waals surface area contributed by atoms with Crippen molar-refractivity contribution in [2.45, 2.75) is 6.42 Å². The predicted octanol–water partition coefficient (Wildman–Crippen LogP) is 4.49. The minimum absolute atomic E-state index is 0.228. The van der Waals surface area contributed by atoms with Crippen LogP contribution in [0.15, 0.2) is 60.7 Å². The summed E-state index contributed by atoms with van der Waals surface area (Å²) >= 11 is 6.02. The first-order valence-electron chi connectivity index (χ1n) is 10.2. The fourth-order valence-corrected chi connectivity index (χ4v) is 3.44. The van der Waals surface area contributed by atoms with Gasteiger partial charge in [0.25, 0.3) is 5.91 Å². The maximum atomic E-state index is 13.0. The second-order valence-electron chi connectivity index (χ2n) is 7.16. The van der Waals surface area contributed by atoms with Crippen molar-refractivity contribution in [2.24, 2.45) is 0 Å². The summed E-state index contributed by atoms with van der Waals surface area (Å²) in [5.41, 5.74) is 4.11. The van der Waals surface area contributed by atoms with Gasteiger partial charge in [0.1, 0.15) is 11.4 Å². The van der Waals surface area contributed by atoms with Crippen molar-refractivity contribution in [2.75, 3.05) is 27.4 Å². The van der Waals surface area contributed by atoms with Crippen LogP contribution < -0.4 is 10.1 Å². The van der Waals surface area contributed by atoms with Crippen molar-refractivity contribution in [1.82, 2.24) is 19.9 Å². The van der Waals surface area contributed by atoms with Gasteiger partial charge in [-0.25, -0.2) is 9.50 Å². The molecule has 2 heterocycles. The standard InChI is InChI=1S/C24H23ClN4O3/c1-31-13-3-12-26-24(30)22-14-20(16-6-10-19(32-2)11-7-16)27-23-15-21(28-29(22)23)17-4-8-18(25)9-5-17/h4-11,14-15H,3,12-13H2,1-2H3,(H,26,30). The molecule has 0 radical (unpaired) electrons. The third kappa shape index (κ3) is 4.74. The van der Waals surface area contributed by atoms with Gasteiger partial charge in [0, 0.05) is 42.5 Å². The van der Waals surface area contributed by atoms with E-state index in [1.807, 2.05) is 42.5 Å². The van der Waals surface area contributed by atoms with E-state index in [9.17, 15) is 4.79 Å². The second-order valence-corrected chi connectivity index (χ2v) is 7.60. The Morgan fingerprint density at radius 3 is 2.38 bits per heavy atom. The average Bonchev–Trinajstić information content (AvgIpc) is 3.26. The number of rotatable bonds is 8. The zero-order chi connectivity index (χ0) is 22.5. The summed E-state index contributed by atoms with van der Waals surface area (Å²) in [4.78, 5) is 17.8. The van der Waals surface area contributed by atoms with Gasteiger partial charge in [-0.3, -0.25) is 4.79 Å². The molecule has 0 fully saturated rings.